The number of carbonyl (C=O) groups excluding carboxylic acids is 4. The molecule has 0 saturated heterocycles. The number of nitrogens with one attached hydrogen (secondary N) is 4. The summed E-state index contributed by atoms with van der Waals surface area (Å²) in [5.41, 5.74) is 22.2. The Labute approximate surface area is 226 Å². The molecule has 0 fully saturated rings. The molecule has 0 saturated carbocycles. The van der Waals surface area contributed by atoms with Crippen LogP contribution in [0.2, 0.25) is 0 Å². The maximum absolute atomic E-state index is 13.2. The van der Waals surface area contributed by atoms with Crippen LogP contribution in [0.5, 0.6) is 0 Å². The van der Waals surface area contributed by atoms with Crippen molar-refractivity contribution < 1.29 is 29.1 Å². The zero-order valence-electron chi connectivity index (χ0n) is 22.2. The van der Waals surface area contributed by atoms with E-state index in [-0.39, 0.29) is 38.2 Å². The highest BCUT2D eigenvalue weighted by molar-refractivity contribution is 5.94. The Hall–Kier alpha value is -4.21. The van der Waals surface area contributed by atoms with Gasteiger partial charge in [-0.2, -0.15) is 0 Å². The number of aliphatic carboxylic acids is 1. The fourth-order valence-electron chi connectivity index (χ4n) is 3.52. The molecule has 1 heterocycles. The first kappa shape index (κ1) is 32.8. The van der Waals surface area contributed by atoms with Gasteiger partial charge in [0.15, 0.2) is 5.96 Å². The Balaban J connectivity index is 2.97. The molecule has 39 heavy (non-hydrogen) atoms. The van der Waals surface area contributed by atoms with E-state index >= 15 is 0 Å². The average Bonchev–Trinajstić information content (AvgIpc) is 3.39. The number of hydrogen-bond donors (Lipinski definition) is 9. The van der Waals surface area contributed by atoms with Crippen LogP contribution in [0.25, 0.3) is 0 Å². The lowest BCUT2D eigenvalue weighted by molar-refractivity contribution is -0.142. The van der Waals surface area contributed by atoms with Gasteiger partial charge in [0.1, 0.15) is 18.1 Å². The van der Waals surface area contributed by atoms with E-state index in [0.29, 0.717) is 18.5 Å². The van der Waals surface area contributed by atoms with Gasteiger partial charge in [0.05, 0.1) is 12.4 Å². The topological polar surface area (TPSA) is 287 Å². The fraction of sp³-hybridized carbons (Fsp3) is 0.609. The SMILES string of the molecule is CCC(C)C(NC(=O)C(CCC(N)=O)NC(=O)C(N)CCCN=C(N)N)C(=O)NC(Cc1cnc[nH]1)C(=O)O. The first-order valence-electron chi connectivity index (χ1n) is 12.6. The zero-order chi connectivity index (χ0) is 29.5. The molecule has 13 N–H and O–H groups in total. The third kappa shape index (κ3) is 12.3. The lowest BCUT2D eigenvalue weighted by atomic mass is 9.96. The molecule has 0 aromatic carbocycles. The maximum Gasteiger partial charge on any atom is 0.326 e. The van der Waals surface area contributed by atoms with Gasteiger partial charge in [-0.1, -0.05) is 20.3 Å². The molecule has 0 aliphatic rings. The second kappa shape index (κ2) is 16.6. The molecular formula is C23H40N10O6. The van der Waals surface area contributed by atoms with Gasteiger partial charge in [-0.25, -0.2) is 9.78 Å². The number of H-pyrrole nitrogens is 1. The third-order valence-electron chi connectivity index (χ3n) is 6.00. The molecule has 0 bridgehead atoms. The van der Waals surface area contributed by atoms with Crippen molar-refractivity contribution in [3.05, 3.63) is 18.2 Å². The number of aromatic amines is 1. The summed E-state index contributed by atoms with van der Waals surface area (Å²) in [5, 5.41) is 17.1. The number of carbonyl (C=O) groups is 5. The molecule has 5 atom stereocenters. The summed E-state index contributed by atoms with van der Waals surface area (Å²) in [6.45, 7) is 3.76. The van der Waals surface area contributed by atoms with E-state index in [4.69, 9.17) is 22.9 Å². The molecule has 16 nitrogen and oxygen atoms in total. The van der Waals surface area contributed by atoms with Crippen LogP contribution < -0.4 is 38.9 Å². The van der Waals surface area contributed by atoms with Gasteiger partial charge >= 0.3 is 5.97 Å². The highest BCUT2D eigenvalue weighted by Gasteiger charge is 2.33. The summed E-state index contributed by atoms with van der Waals surface area (Å²) in [7, 11) is 0. The van der Waals surface area contributed by atoms with E-state index in [0.717, 1.165) is 0 Å². The number of carboxylic acids is 1. The van der Waals surface area contributed by atoms with Gasteiger partial charge in [0.2, 0.25) is 23.6 Å². The molecule has 1 rings (SSSR count). The minimum absolute atomic E-state index is 0.0549. The van der Waals surface area contributed by atoms with Crippen molar-refractivity contribution in [2.45, 2.75) is 76.5 Å². The highest BCUT2D eigenvalue weighted by atomic mass is 16.4. The van der Waals surface area contributed by atoms with Crippen molar-refractivity contribution in [3.8, 4) is 0 Å². The highest BCUT2D eigenvalue weighted by Crippen LogP contribution is 2.11. The largest absolute Gasteiger partial charge is 0.480 e. The number of rotatable bonds is 18. The molecule has 1 aromatic rings. The summed E-state index contributed by atoms with van der Waals surface area (Å²) in [5.74, 6) is -4.58. The zero-order valence-corrected chi connectivity index (χ0v) is 22.2. The van der Waals surface area contributed by atoms with Gasteiger partial charge < -0.3 is 49.0 Å². The molecule has 0 radical (unpaired) electrons. The molecule has 0 spiro atoms. The monoisotopic (exact) mass is 552 g/mol. The number of aliphatic imine (C=N–C) groups is 1. The van der Waals surface area contributed by atoms with Crippen molar-refractivity contribution >= 4 is 35.6 Å². The number of guanidine groups is 1. The molecule has 16 heteroatoms. The first-order chi connectivity index (χ1) is 18.3. The van der Waals surface area contributed by atoms with Crippen LogP contribution in [-0.2, 0) is 30.4 Å². The number of imidazole rings is 1. The molecule has 1 aromatic heterocycles. The molecule has 218 valence electrons. The second-order valence-electron chi connectivity index (χ2n) is 9.17. The van der Waals surface area contributed by atoms with Crippen molar-refractivity contribution in [2.75, 3.05) is 6.54 Å². The van der Waals surface area contributed by atoms with Gasteiger partial charge in [0, 0.05) is 31.3 Å². The van der Waals surface area contributed by atoms with Crippen LogP contribution in [0.15, 0.2) is 17.5 Å². The summed E-state index contributed by atoms with van der Waals surface area (Å²) in [4.78, 5) is 72.5. The number of nitrogens with zero attached hydrogens (tertiary/aromatic N) is 2. The van der Waals surface area contributed by atoms with Crippen LogP contribution in [0.1, 0.15) is 51.6 Å². The Morgan fingerprint density at radius 1 is 1.03 bits per heavy atom. The van der Waals surface area contributed by atoms with Gasteiger partial charge in [-0.3, -0.25) is 24.2 Å². The number of amides is 4. The van der Waals surface area contributed by atoms with Gasteiger partial charge in [-0.15, -0.1) is 0 Å². The van der Waals surface area contributed by atoms with Crippen LogP contribution in [0, 0.1) is 5.92 Å². The summed E-state index contributed by atoms with van der Waals surface area (Å²) in [6.07, 6.45) is 3.50. The first-order valence-corrected chi connectivity index (χ1v) is 12.6. The minimum atomic E-state index is -1.29. The van der Waals surface area contributed by atoms with E-state index in [9.17, 15) is 29.1 Å². The quantitative estimate of drug-likeness (QED) is 0.0511. The van der Waals surface area contributed by atoms with Crippen LogP contribution in [0.4, 0.5) is 0 Å². The minimum Gasteiger partial charge on any atom is -0.480 e. The lowest BCUT2D eigenvalue weighted by Gasteiger charge is -2.28. The summed E-state index contributed by atoms with van der Waals surface area (Å²) < 4.78 is 0. The molecule has 4 amide bonds. The van der Waals surface area contributed by atoms with Gasteiger partial charge in [-0.05, 0) is 25.2 Å². The number of primary amides is 1. The van der Waals surface area contributed by atoms with Gasteiger partial charge in [0.25, 0.3) is 0 Å². The van der Waals surface area contributed by atoms with Crippen molar-refractivity contribution in [1.29, 1.82) is 0 Å². The van der Waals surface area contributed by atoms with E-state index in [1.807, 2.05) is 0 Å². The van der Waals surface area contributed by atoms with E-state index in [2.05, 4.69) is 30.9 Å². The molecule has 0 aliphatic heterocycles. The Bertz CT molecular complexity index is 996. The molecular weight excluding hydrogens is 512 g/mol. The van der Waals surface area contributed by atoms with Crippen LogP contribution in [0.3, 0.4) is 0 Å². The van der Waals surface area contributed by atoms with Crippen molar-refractivity contribution in [2.24, 2.45) is 33.8 Å². The van der Waals surface area contributed by atoms with Crippen molar-refractivity contribution in [1.82, 2.24) is 25.9 Å². The second-order valence-corrected chi connectivity index (χ2v) is 9.17. The summed E-state index contributed by atoms with van der Waals surface area (Å²) >= 11 is 0. The predicted molar refractivity (Wildman–Crippen MR) is 141 cm³/mol. The van der Waals surface area contributed by atoms with Crippen LogP contribution >= 0.6 is 0 Å². The fourth-order valence-corrected chi connectivity index (χ4v) is 3.52. The Morgan fingerprint density at radius 3 is 2.23 bits per heavy atom. The predicted octanol–water partition coefficient (Wildman–Crippen LogP) is -2.82. The van der Waals surface area contributed by atoms with E-state index in [1.165, 1.54) is 12.5 Å². The molecule has 0 aliphatic carbocycles. The Morgan fingerprint density at radius 2 is 1.69 bits per heavy atom. The smallest absolute Gasteiger partial charge is 0.326 e. The van der Waals surface area contributed by atoms with Crippen LogP contribution in [-0.4, -0.2) is 81.3 Å². The van der Waals surface area contributed by atoms with E-state index in [1.54, 1.807) is 13.8 Å². The number of carboxylic acid groups (broad SMARTS) is 1. The normalized spacial score (nSPS) is 14.6. The van der Waals surface area contributed by atoms with Crippen molar-refractivity contribution in [3.63, 3.8) is 0 Å². The number of nitrogens with two attached hydrogens (primary N) is 4. The number of aromatic nitrogens is 2. The third-order valence-corrected chi connectivity index (χ3v) is 6.00. The summed E-state index contributed by atoms with van der Waals surface area (Å²) in [6, 6.07) is -4.64. The Kier molecular flexibility index (Phi) is 14.0. The maximum atomic E-state index is 13.2. The standard InChI is InChI=1S/C23H40N10O6/c1-3-12(2)18(21(37)32-16(22(38)39)9-13-10-28-11-30-13)33-20(36)15(6-7-17(25)34)31-19(35)14(24)5-4-8-29-23(26)27/h10-12,14-16,18H,3-9,24H2,1-2H3,(H2,25,34)(H,28,30)(H,31,35)(H,32,37)(H,33,36)(H,38,39)(H4,26,27,29). The average molecular weight is 553 g/mol. The molecule has 5 unspecified atom stereocenters. The van der Waals surface area contributed by atoms with E-state index < -0.39 is 59.7 Å². The lowest BCUT2D eigenvalue weighted by Crippen LogP contribution is -2.59. The number of hydrogen-bond acceptors (Lipinski definition) is 8.